The van der Waals surface area contributed by atoms with Crippen LogP contribution in [0.5, 0.6) is 0 Å². The predicted molar refractivity (Wildman–Crippen MR) is 80.7 cm³/mol. The molecule has 1 saturated carbocycles. The van der Waals surface area contributed by atoms with E-state index in [1.807, 2.05) is 6.92 Å². The molecular weight excluding hydrogens is 336 g/mol. The van der Waals surface area contributed by atoms with Gasteiger partial charge in [0.05, 0.1) is 24.4 Å². The smallest absolute Gasteiger partial charge is 0.207 e. The number of carbonyl (C=O) groups excluding carboxylic acids is 1. The molecule has 5 N–H and O–H groups in total. The zero-order chi connectivity index (χ0) is 18.4. The van der Waals surface area contributed by atoms with Gasteiger partial charge in [-0.1, -0.05) is 6.92 Å². The molecule has 9 nitrogen and oxygen atoms in total. The van der Waals surface area contributed by atoms with Gasteiger partial charge in [-0.3, -0.25) is 4.79 Å². The van der Waals surface area contributed by atoms with Crippen LogP contribution < -0.4 is 0 Å². The molecule has 0 unspecified atom stereocenters. The third-order valence-electron chi connectivity index (χ3n) is 5.51. The van der Waals surface area contributed by atoms with Crippen LogP contribution in [0.2, 0.25) is 0 Å². The Balaban J connectivity index is 1.80. The van der Waals surface area contributed by atoms with E-state index in [-0.39, 0.29) is 11.5 Å². The quantitative estimate of drug-likeness (QED) is 0.360. The number of aldehydes is 1. The first-order valence-electron chi connectivity index (χ1n) is 8.33. The Morgan fingerprint density at radius 2 is 2.00 bits per heavy atom. The van der Waals surface area contributed by atoms with Gasteiger partial charge in [-0.05, 0) is 18.8 Å². The summed E-state index contributed by atoms with van der Waals surface area (Å²) in [6.07, 6.45) is -5.40. The second-order valence-electron chi connectivity index (χ2n) is 6.99. The maximum Gasteiger partial charge on any atom is 0.207 e. The van der Waals surface area contributed by atoms with E-state index in [9.17, 15) is 30.3 Å². The number of hydrogen-bond donors (Lipinski definition) is 5. The van der Waals surface area contributed by atoms with Crippen LogP contribution in [-0.2, 0) is 19.0 Å². The Hall–Kier alpha value is -1.07. The van der Waals surface area contributed by atoms with E-state index >= 15 is 0 Å². The molecular formula is C16H24O9. The van der Waals surface area contributed by atoms with Crippen molar-refractivity contribution in [1.82, 2.24) is 0 Å². The predicted octanol–water partition coefficient (Wildman–Crippen LogP) is -1.98. The lowest BCUT2D eigenvalue weighted by molar-refractivity contribution is -0.346. The van der Waals surface area contributed by atoms with E-state index < -0.39 is 55.1 Å². The highest BCUT2D eigenvalue weighted by Gasteiger charge is 2.56. The van der Waals surface area contributed by atoms with E-state index in [1.165, 1.54) is 0 Å². The lowest BCUT2D eigenvalue weighted by Crippen LogP contribution is -2.61. The molecule has 2 fully saturated rings. The molecule has 2 aliphatic heterocycles. The van der Waals surface area contributed by atoms with Crippen LogP contribution in [0.1, 0.15) is 19.8 Å². The van der Waals surface area contributed by atoms with Crippen LogP contribution in [0.4, 0.5) is 0 Å². The number of carbonyl (C=O) groups is 1. The molecule has 0 aromatic carbocycles. The minimum atomic E-state index is -1.57. The van der Waals surface area contributed by atoms with Gasteiger partial charge in [0.25, 0.3) is 0 Å². The molecule has 0 aromatic heterocycles. The lowest BCUT2D eigenvalue weighted by Gasteiger charge is -2.44. The molecule has 0 aromatic rings. The minimum absolute atomic E-state index is 0.0245. The summed E-state index contributed by atoms with van der Waals surface area (Å²) in [5.74, 6) is -0.589. The molecule has 0 spiro atoms. The van der Waals surface area contributed by atoms with E-state index in [2.05, 4.69) is 0 Å². The first-order chi connectivity index (χ1) is 11.8. The van der Waals surface area contributed by atoms with Crippen LogP contribution in [-0.4, -0.2) is 81.0 Å². The number of rotatable bonds is 4. The molecule has 3 rings (SSSR count). The van der Waals surface area contributed by atoms with Crippen molar-refractivity contribution in [2.75, 3.05) is 6.61 Å². The third-order valence-corrected chi connectivity index (χ3v) is 5.51. The minimum Gasteiger partial charge on any atom is -0.471 e. The second kappa shape index (κ2) is 6.92. The summed E-state index contributed by atoms with van der Waals surface area (Å²) in [6, 6.07) is 0. The zero-order valence-electron chi connectivity index (χ0n) is 13.8. The van der Waals surface area contributed by atoms with Gasteiger partial charge in [0, 0.05) is 0 Å². The maximum atomic E-state index is 11.2. The van der Waals surface area contributed by atoms with Crippen LogP contribution in [0.25, 0.3) is 0 Å². The van der Waals surface area contributed by atoms with Crippen molar-refractivity contribution in [3.05, 3.63) is 11.8 Å². The Bertz CT molecular complexity index is 536. The summed E-state index contributed by atoms with van der Waals surface area (Å²) in [6.45, 7) is 1.32. The summed E-state index contributed by atoms with van der Waals surface area (Å²) in [4.78, 5) is 11.2. The number of hydrogen-bond acceptors (Lipinski definition) is 9. The molecule has 0 amide bonds. The van der Waals surface area contributed by atoms with Crippen LogP contribution in [0, 0.1) is 11.8 Å². The SMILES string of the molecule is C[C@@H]1CC[C@]2(O)C(C=O)=CO[C@@H](O[C@@H]3O[C@H](CO)[C@@H](O)[C@H](O)[C@H]3O)[C@H]12. The molecule has 0 bridgehead atoms. The van der Waals surface area contributed by atoms with Crippen LogP contribution in [0.15, 0.2) is 11.8 Å². The number of ether oxygens (including phenoxy) is 3. The van der Waals surface area contributed by atoms with E-state index in [4.69, 9.17) is 14.2 Å². The van der Waals surface area contributed by atoms with Gasteiger partial charge >= 0.3 is 0 Å². The monoisotopic (exact) mass is 360 g/mol. The molecule has 3 aliphatic rings. The summed E-state index contributed by atoms with van der Waals surface area (Å²) < 4.78 is 16.4. The first-order valence-corrected chi connectivity index (χ1v) is 8.33. The second-order valence-corrected chi connectivity index (χ2v) is 6.99. The van der Waals surface area contributed by atoms with Crippen molar-refractivity contribution >= 4 is 6.29 Å². The zero-order valence-corrected chi connectivity index (χ0v) is 13.8. The van der Waals surface area contributed by atoms with Crippen molar-refractivity contribution in [3.8, 4) is 0 Å². The Labute approximate surface area is 144 Å². The number of fused-ring (bicyclic) bond motifs is 1. The fourth-order valence-corrected chi connectivity index (χ4v) is 3.98. The molecule has 9 atom stereocenters. The molecule has 25 heavy (non-hydrogen) atoms. The summed E-state index contributed by atoms with van der Waals surface area (Å²) in [7, 11) is 0. The Morgan fingerprint density at radius 1 is 1.28 bits per heavy atom. The van der Waals surface area contributed by atoms with Crippen LogP contribution in [0.3, 0.4) is 0 Å². The van der Waals surface area contributed by atoms with Gasteiger partial charge in [-0.15, -0.1) is 0 Å². The molecule has 1 saturated heterocycles. The first kappa shape index (κ1) is 18.7. The maximum absolute atomic E-state index is 11.2. The Kier molecular flexibility index (Phi) is 5.18. The summed E-state index contributed by atoms with van der Waals surface area (Å²) in [5, 5.41) is 49.9. The van der Waals surface area contributed by atoms with E-state index in [1.54, 1.807) is 0 Å². The van der Waals surface area contributed by atoms with Crippen molar-refractivity contribution in [3.63, 3.8) is 0 Å². The standard InChI is InChI=1S/C16H24O9/c1-7-2-3-16(22)8(4-17)6-23-14(10(7)16)25-15-13(21)12(20)11(19)9(5-18)24-15/h4,6-7,9-15,18-22H,2-3,5H2,1H3/t7-,9-,10+,11-,12+,13-,14+,15+,16+/m1/s1. The highest BCUT2D eigenvalue weighted by atomic mass is 16.8. The molecule has 9 heteroatoms. The highest BCUT2D eigenvalue weighted by Crippen LogP contribution is 2.49. The molecule has 142 valence electrons. The van der Waals surface area contributed by atoms with Crippen molar-refractivity contribution < 1.29 is 44.5 Å². The number of aliphatic hydroxyl groups is 5. The van der Waals surface area contributed by atoms with Gasteiger partial charge in [0.15, 0.2) is 12.6 Å². The topological polar surface area (TPSA) is 146 Å². The fourth-order valence-electron chi connectivity index (χ4n) is 3.98. The van der Waals surface area contributed by atoms with Crippen LogP contribution >= 0.6 is 0 Å². The molecule has 0 radical (unpaired) electrons. The molecule has 1 aliphatic carbocycles. The average molecular weight is 360 g/mol. The van der Waals surface area contributed by atoms with E-state index in [0.717, 1.165) is 6.26 Å². The summed E-state index contributed by atoms with van der Waals surface area (Å²) >= 11 is 0. The van der Waals surface area contributed by atoms with Gasteiger partial charge in [-0.2, -0.15) is 0 Å². The fraction of sp³-hybridized carbons (Fsp3) is 0.812. The highest BCUT2D eigenvalue weighted by molar-refractivity contribution is 5.76. The van der Waals surface area contributed by atoms with Crippen molar-refractivity contribution in [2.45, 2.75) is 62.4 Å². The van der Waals surface area contributed by atoms with Crippen molar-refractivity contribution in [1.29, 1.82) is 0 Å². The number of aliphatic hydroxyl groups excluding tert-OH is 4. The van der Waals surface area contributed by atoms with Gasteiger partial charge in [0.1, 0.15) is 30.0 Å². The van der Waals surface area contributed by atoms with Crippen molar-refractivity contribution in [2.24, 2.45) is 11.8 Å². The molecule has 2 heterocycles. The third kappa shape index (κ3) is 2.99. The van der Waals surface area contributed by atoms with Gasteiger partial charge in [-0.25, -0.2) is 0 Å². The normalized spacial score (nSPS) is 49.9. The Morgan fingerprint density at radius 3 is 2.64 bits per heavy atom. The lowest BCUT2D eigenvalue weighted by atomic mass is 9.80. The van der Waals surface area contributed by atoms with Gasteiger partial charge in [0.2, 0.25) is 6.29 Å². The van der Waals surface area contributed by atoms with Gasteiger partial charge < -0.3 is 39.7 Å². The summed E-state index contributed by atoms with van der Waals surface area (Å²) in [5.41, 5.74) is -1.26. The average Bonchev–Trinajstić information content (AvgIpc) is 2.91. The largest absolute Gasteiger partial charge is 0.471 e. The van der Waals surface area contributed by atoms with E-state index in [0.29, 0.717) is 19.1 Å².